The van der Waals surface area contributed by atoms with Crippen molar-refractivity contribution >= 4 is 17.5 Å². The molecule has 2 atom stereocenters. The van der Waals surface area contributed by atoms with E-state index in [1.54, 1.807) is 19.1 Å². The van der Waals surface area contributed by atoms with Gasteiger partial charge in [-0.15, -0.1) is 0 Å². The van der Waals surface area contributed by atoms with Gasteiger partial charge in [-0.3, -0.25) is 4.79 Å². The summed E-state index contributed by atoms with van der Waals surface area (Å²) >= 11 is 5.74. The summed E-state index contributed by atoms with van der Waals surface area (Å²) in [7, 11) is 0. The summed E-state index contributed by atoms with van der Waals surface area (Å²) in [5, 5.41) is 19.4. The second-order valence-electron chi connectivity index (χ2n) is 3.29. The predicted octanol–water partition coefficient (Wildman–Crippen LogP) is 0.528. The number of nitrogens with two attached hydrogens (primary N) is 1. The minimum absolute atomic E-state index is 0.397. The van der Waals surface area contributed by atoms with Gasteiger partial charge in [0.2, 0.25) is 5.91 Å². The molecule has 0 bridgehead atoms. The Morgan fingerprint density at radius 3 is 2.60 bits per heavy atom. The SMILES string of the molecule is Cc1ccc(Cl)cc1C(O)C(O)C(N)=O. The Balaban J connectivity index is 3.04. The van der Waals surface area contributed by atoms with Crippen LogP contribution in [0.5, 0.6) is 0 Å². The van der Waals surface area contributed by atoms with Gasteiger partial charge in [0.15, 0.2) is 6.10 Å². The van der Waals surface area contributed by atoms with Crippen molar-refractivity contribution in [2.75, 3.05) is 0 Å². The lowest BCUT2D eigenvalue weighted by Crippen LogP contribution is -2.34. The Hall–Kier alpha value is -1.10. The lowest BCUT2D eigenvalue weighted by atomic mass is 9.99. The minimum atomic E-state index is -1.62. The minimum Gasteiger partial charge on any atom is -0.385 e. The number of aliphatic hydroxyl groups is 2. The Bertz CT molecular complexity index is 381. The number of halogens is 1. The van der Waals surface area contributed by atoms with Gasteiger partial charge in [0.25, 0.3) is 0 Å². The molecule has 0 saturated heterocycles. The maximum absolute atomic E-state index is 10.7. The Morgan fingerprint density at radius 1 is 1.47 bits per heavy atom. The van der Waals surface area contributed by atoms with E-state index in [0.29, 0.717) is 10.6 Å². The molecule has 1 aromatic carbocycles. The third kappa shape index (κ3) is 2.68. The second-order valence-corrected chi connectivity index (χ2v) is 3.73. The van der Waals surface area contributed by atoms with E-state index in [-0.39, 0.29) is 0 Å². The van der Waals surface area contributed by atoms with Crippen LogP contribution in [0.4, 0.5) is 0 Å². The van der Waals surface area contributed by atoms with Crippen LogP contribution >= 0.6 is 11.6 Å². The quantitative estimate of drug-likeness (QED) is 0.707. The number of amides is 1. The summed E-state index contributed by atoms with van der Waals surface area (Å²) < 4.78 is 0. The molecule has 0 aromatic heterocycles. The van der Waals surface area contributed by atoms with Gasteiger partial charge in [0.1, 0.15) is 6.10 Å². The molecule has 0 aliphatic rings. The molecule has 1 aromatic rings. The summed E-state index contributed by atoms with van der Waals surface area (Å²) in [5.74, 6) is -0.970. The van der Waals surface area contributed by atoms with Crippen LogP contribution in [0.3, 0.4) is 0 Å². The number of aliphatic hydroxyl groups excluding tert-OH is 2. The van der Waals surface area contributed by atoms with Crippen LogP contribution in [0.15, 0.2) is 18.2 Å². The fraction of sp³-hybridized carbons (Fsp3) is 0.300. The van der Waals surface area contributed by atoms with Gasteiger partial charge in [-0.05, 0) is 30.2 Å². The lowest BCUT2D eigenvalue weighted by Gasteiger charge is -2.17. The van der Waals surface area contributed by atoms with Crippen LogP contribution in [0.1, 0.15) is 17.2 Å². The standard InChI is InChI=1S/C10H12ClNO3/c1-5-2-3-6(11)4-7(5)8(13)9(14)10(12)15/h2-4,8-9,13-14H,1H3,(H2,12,15). The van der Waals surface area contributed by atoms with E-state index in [9.17, 15) is 15.0 Å². The number of rotatable bonds is 3. The molecule has 0 fully saturated rings. The molecule has 4 N–H and O–H groups in total. The first kappa shape index (κ1) is 12.0. The zero-order valence-electron chi connectivity index (χ0n) is 8.14. The molecular weight excluding hydrogens is 218 g/mol. The molecule has 0 aliphatic heterocycles. The number of hydrogen-bond donors (Lipinski definition) is 3. The zero-order valence-corrected chi connectivity index (χ0v) is 8.90. The highest BCUT2D eigenvalue weighted by atomic mass is 35.5. The summed E-state index contributed by atoms with van der Waals surface area (Å²) in [4.78, 5) is 10.7. The largest absolute Gasteiger partial charge is 0.385 e. The monoisotopic (exact) mass is 229 g/mol. The molecular formula is C10H12ClNO3. The summed E-state index contributed by atoms with van der Waals surface area (Å²) in [5.41, 5.74) is 6.01. The normalized spacial score (nSPS) is 14.7. The van der Waals surface area contributed by atoms with Gasteiger partial charge >= 0.3 is 0 Å². The molecule has 2 unspecified atom stereocenters. The van der Waals surface area contributed by atoms with E-state index in [0.717, 1.165) is 5.56 Å². The van der Waals surface area contributed by atoms with Crippen molar-refractivity contribution in [2.45, 2.75) is 19.1 Å². The van der Waals surface area contributed by atoms with Crippen molar-refractivity contribution in [1.29, 1.82) is 0 Å². The molecule has 0 spiro atoms. The molecule has 1 rings (SSSR count). The fourth-order valence-electron chi connectivity index (χ4n) is 1.26. The Kier molecular flexibility index (Phi) is 3.68. The van der Waals surface area contributed by atoms with Crippen LogP contribution in [0.25, 0.3) is 0 Å². The van der Waals surface area contributed by atoms with Crippen molar-refractivity contribution in [3.05, 3.63) is 34.3 Å². The van der Waals surface area contributed by atoms with E-state index in [2.05, 4.69) is 0 Å². The van der Waals surface area contributed by atoms with Crippen LogP contribution in [0, 0.1) is 6.92 Å². The van der Waals surface area contributed by atoms with E-state index < -0.39 is 18.1 Å². The molecule has 0 saturated carbocycles. The molecule has 4 nitrogen and oxygen atoms in total. The number of aryl methyl sites for hydroxylation is 1. The van der Waals surface area contributed by atoms with E-state index in [4.69, 9.17) is 17.3 Å². The topological polar surface area (TPSA) is 83.6 Å². The van der Waals surface area contributed by atoms with Crippen LogP contribution in [0.2, 0.25) is 5.02 Å². The van der Waals surface area contributed by atoms with Crippen molar-refractivity contribution < 1.29 is 15.0 Å². The zero-order chi connectivity index (χ0) is 11.6. The first-order chi connectivity index (χ1) is 6.93. The van der Waals surface area contributed by atoms with Crippen molar-refractivity contribution in [1.82, 2.24) is 0 Å². The predicted molar refractivity (Wildman–Crippen MR) is 56.4 cm³/mol. The number of hydrogen-bond acceptors (Lipinski definition) is 3. The van der Waals surface area contributed by atoms with Gasteiger partial charge in [-0.25, -0.2) is 0 Å². The van der Waals surface area contributed by atoms with Gasteiger partial charge in [0.05, 0.1) is 0 Å². The summed E-state index contributed by atoms with van der Waals surface area (Å²) in [6.07, 6.45) is -2.97. The van der Waals surface area contributed by atoms with Crippen LogP contribution < -0.4 is 5.73 Å². The number of carbonyl (C=O) groups is 1. The first-order valence-electron chi connectivity index (χ1n) is 4.35. The number of primary amides is 1. The highest BCUT2D eigenvalue weighted by Crippen LogP contribution is 2.24. The highest BCUT2D eigenvalue weighted by molar-refractivity contribution is 6.30. The number of benzene rings is 1. The summed E-state index contributed by atoms with van der Waals surface area (Å²) in [6, 6.07) is 4.84. The van der Waals surface area contributed by atoms with Gasteiger partial charge < -0.3 is 15.9 Å². The van der Waals surface area contributed by atoms with E-state index in [1.807, 2.05) is 0 Å². The van der Waals surface area contributed by atoms with E-state index in [1.165, 1.54) is 6.07 Å². The lowest BCUT2D eigenvalue weighted by molar-refractivity contribution is -0.131. The molecule has 1 amide bonds. The smallest absolute Gasteiger partial charge is 0.249 e. The van der Waals surface area contributed by atoms with E-state index >= 15 is 0 Å². The third-order valence-corrected chi connectivity index (χ3v) is 2.39. The average molecular weight is 230 g/mol. The van der Waals surface area contributed by atoms with Gasteiger partial charge in [-0.2, -0.15) is 0 Å². The van der Waals surface area contributed by atoms with Crippen LogP contribution in [-0.4, -0.2) is 22.2 Å². The fourth-order valence-corrected chi connectivity index (χ4v) is 1.44. The molecule has 0 radical (unpaired) electrons. The number of carbonyl (C=O) groups excluding carboxylic acids is 1. The van der Waals surface area contributed by atoms with Gasteiger partial charge in [-0.1, -0.05) is 17.7 Å². The average Bonchev–Trinajstić information content (AvgIpc) is 2.19. The van der Waals surface area contributed by atoms with Crippen molar-refractivity contribution in [2.24, 2.45) is 5.73 Å². The molecule has 5 heteroatoms. The maximum Gasteiger partial charge on any atom is 0.249 e. The highest BCUT2D eigenvalue weighted by Gasteiger charge is 2.24. The second kappa shape index (κ2) is 4.61. The Labute approximate surface area is 92.3 Å². The molecule has 0 heterocycles. The first-order valence-corrected chi connectivity index (χ1v) is 4.72. The van der Waals surface area contributed by atoms with Crippen LogP contribution in [-0.2, 0) is 4.79 Å². The van der Waals surface area contributed by atoms with Crippen molar-refractivity contribution in [3.63, 3.8) is 0 Å². The Morgan fingerprint density at radius 2 is 2.07 bits per heavy atom. The van der Waals surface area contributed by atoms with Gasteiger partial charge in [0, 0.05) is 5.02 Å². The summed E-state index contributed by atoms with van der Waals surface area (Å²) in [6.45, 7) is 1.74. The molecule has 82 valence electrons. The third-order valence-electron chi connectivity index (χ3n) is 2.15. The van der Waals surface area contributed by atoms with Crippen molar-refractivity contribution in [3.8, 4) is 0 Å². The molecule has 0 aliphatic carbocycles. The molecule has 15 heavy (non-hydrogen) atoms. The maximum atomic E-state index is 10.7.